The third-order valence-corrected chi connectivity index (χ3v) is 1.07. The summed E-state index contributed by atoms with van der Waals surface area (Å²) in [6.45, 7) is 2.83. The van der Waals surface area contributed by atoms with Crippen molar-refractivity contribution >= 4 is 5.97 Å². The molecule has 12 heavy (non-hydrogen) atoms. The summed E-state index contributed by atoms with van der Waals surface area (Å²) in [5, 5.41) is 1.81. The van der Waals surface area contributed by atoms with Crippen molar-refractivity contribution in [1.82, 2.24) is 10.4 Å². The fraction of sp³-hybridized carbons (Fsp3) is 0.625. The molecule has 0 aromatic heterocycles. The molecule has 0 unspecified atom stereocenters. The van der Waals surface area contributed by atoms with Gasteiger partial charge in [-0.2, -0.15) is 0 Å². The molecule has 0 aliphatic rings. The first-order valence-corrected chi connectivity index (χ1v) is 3.91. The second-order valence-corrected chi connectivity index (χ2v) is 2.41. The topological polar surface area (TPSA) is 41.6 Å². The number of rotatable bonds is 5. The molecule has 0 rings (SSSR count). The third-order valence-electron chi connectivity index (χ3n) is 1.07. The molecule has 0 aromatic rings. The van der Waals surface area contributed by atoms with Crippen LogP contribution in [0.15, 0.2) is 12.2 Å². The van der Waals surface area contributed by atoms with Crippen LogP contribution in [0.5, 0.6) is 0 Å². The smallest absolute Gasteiger partial charge is 0.330 e. The van der Waals surface area contributed by atoms with Crippen LogP contribution in [-0.4, -0.2) is 38.2 Å². The maximum Gasteiger partial charge on any atom is 0.330 e. The highest BCUT2D eigenvalue weighted by atomic mass is 16.5. The summed E-state index contributed by atoms with van der Waals surface area (Å²) in [4.78, 5) is 10.7. The maximum atomic E-state index is 10.7. The Hall–Kier alpha value is -0.870. The van der Waals surface area contributed by atoms with Gasteiger partial charge in [0.15, 0.2) is 0 Å². The summed E-state index contributed by atoms with van der Waals surface area (Å²) in [7, 11) is 3.77. The Labute approximate surface area is 73.2 Å². The van der Waals surface area contributed by atoms with Gasteiger partial charge in [0.1, 0.15) is 0 Å². The Morgan fingerprint density at radius 3 is 2.75 bits per heavy atom. The number of carbonyl (C=O) groups excluding carboxylic acids is 1. The molecular formula is C8H16N2O2. The van der Waals surface area contributed by atoms with E-state index < -0.39 is 0 Å². The van der Waals surface area contributed by atoms with E-state index >= 15 is 0 Å². The minimum Gasteiger partial charge on any atom is -0.463 e. The lowest BCUT2D eigenvalue weighted by atomic mass is 10.5. The average Bonchev–Trinajstić information content (AvgIpc) is 1.98. The van der Waals surface area contributed by atoms with Gasteiger partial charge >= 0.3 is 5.97 Å². The standard InChI is InChI=1S/C8H16N2O2/c1-4-12-8(11)6-5-7-9-10(2)3/h5-6,9H,4,7H2,1-3H3/b6-5+. The van der Waals surface area contributed by atoms with E-state index in [1.165, 1.54) is 6.08 Å². The molecule has 4 nitrogen and oxygen atoms in total. The number of nitrogens with one attached hydrogen (secondary N) is 1. The predicted molar refractivity (Wildman–Crippen MR) is 47.5 cm³/mol. The summed E-state index contributed by atoms with van der Waals surface area (Å²) >= 11 is 0. The van der Waals surface area contributed by atoms with Crippen LogP contribution in [-0.2, 0) is 9.53 Å². The first-order chi connectivity index (χ1) is 5.66. The molecule has 1 N–H and O–H groups in total. The van der Waals surface area contributed by atoms with Crippen LogP contribution in [0.4, 0.5) is 0 Å². The van der Waals surface area contributed by atoms with Crippen molar-refractivity contribution in [2.24, 2.45) is 0 Å². The largest absolute Gasteiger partial charge is 0.463 e. The average molecular weight is 172 g/mol. The van der Waals surface area contributed by atoms with Crippen LogP contribution in [0.1, 0.15) is 6.92 Å². The fourth-order valence-corrected chi connectivity index (χ4v) is 0.581. The predicted octanol–water partition coefficient (Wildman–Crippen LogP) is 0.172. The molecule has 4 heteroatoms. The zero-order valence-corrected chi connectivity index (χ0v) is 7.83. The van der Waals surface area contributed by atoms with Gasteiger partial charge in [0, 0.05) is 26.7 Å². The monoisotopic (exact) mass is 172 g/mol. The van der Waals surface area contributed by atoms with E-state index in [0.717, 1.165) is 0 Å². The second kappa shape index (κ2) is 6.82. The van der Waals surface area contributed by atoms with Gasteiger partial charge in [-0.25, -0.2) is 4.79 Å². The lowest BCUT2D eigenvalue weighted by Crippen LogP contribution is -2.30. The molecule has 0 aliphatic carbocycles. The zero-order valence-electron chi connectivity index (χ0n) is 7.83. The Morgan fingerprint density at radius 1 is 1.58 bits per heavy atom. The fourth-order valence-electron chi connectivity index (χ4n) is 0.581. The molecule has 0 fully saturated rings. The highest BCUT2D eigenvalue weighted by molar-refractivity contribution is 5.81. The van der Waals surface area contributed by atoms with Crippen molar-refractivity contribution in [2.75, 3.05) is 27.2 Å². The van der Waals surface area contributed by atoms with Gasteiger partial charge in [0.2, 0.25) is 0 Å². The van der Waals surface area contributed by atoms with E-state index in [4.69, 9.17) is 0 Å². The van der Waals surface area contributed by atoms with E-state index in [9.17, 15) is 4.79 Å². The quantitative estimate of drug-likeness (QED) is 0.365. The highest BCUT2D eigenvalue weighted by Gasteiger charge is 1.91. The van der Waals surface area contributed by atoms with E-state index in [1.54, 1.807) is 13.0 Å². The van der Waals surface area contributed by atoms with E-state index in [0.29, 0.717) is 13.2 Å². The van der Waals surface area contributed by atoms with E-state index in [-0.39, 0.29) is 5.97 Å². The molecule has 0 bridgehead atoms. The molecule has 70 valence electrons. The number of hydrogen-bond donors (Lipinski definition) is 1. The lowest BCUT2D eigenvalue weighted by Gasteiger charge is -2.08. The summed E-state index contributed by atoms with van der Waals surface area (Å²) in [5.41, 5.74) is 2.98. The maximum absolute atomic E-state index is 10.7. The summed E-state index contributed by atoms with van der Waals surface area (Å²) in [6.07, 6.45) is 3.14. The Kier molecular flexibility index (Phi) is 6.32. The van der Waals surface area contributed by atoms with Crippen molar-refractivity contribution < 1.29 is 9.53 Å². The number of nitrogens with zero attached hydrogens (tertiary/aromatic N) is 1. The third kappa shape index (κ3) is 7.24. The van der Waals surface area contributed by atoms with Gasteiger partial charge in [-0.1, -0.05) is 6.08 Å². The van der Waals surface area contributed by atoms with Crippen LogP contribution in [0, 0.1) is 0 Å². The van der Waals surface area contributed by atoms with E-state index in [2.05, 4.69) is 10.2 Å². The van der Waals surface area contributed by atoms with Crippen LogP contribution in [0.3, 0.4) is 0 Å². The van der Waals surface area contributed by atoms with Crippen molar-refractivity contribution in [2.45, 2.75) is 6.92 Å². The molecule has 0 heterocycles. The molecule has 0 saturated heterocycles. The highest BCUT2D eigenvalue weighted by Crippen LogP contribution is 1.79. The molecule has 0 aliphatic heterocycles. The number of carbonyl (C=O) groups is 1. The second-order valence-electron chi connectivity index (χ2n) is 2.41. The zero-order chi connectivity index (χ0) is 9.40. The number of esters is 1. The van der Waals surface area contributed by atoms with E-state index in [1.807, 2.05) is 19.1 Å². The van der Waals surface area contributed by atoms with Gasteiger partial charge in [0.25, 0.3) is 0 Å². The van der Waals surface area contributed by atoms with Crippen molar-refractivity contribution in [3.63, 3.8) is 0 Å². The van der Waals surface area contributed by atoms with Crippen LogP contribution in [0.25, 0.3) is 0 Å². The van der Waals surface area contributed by atoms with Crippen molar-refractivity contribution in [3.8, 4) is 0 Å². The first kappa shape index (κ1) is 11.1. The van der Waals surface area contributed by atoms with Gasteiger partial charge in [-0.3, -0.25) is 10.4 Å². The molecule has 0 aromatic carbocycles. The number of hydrazine groups is 1. The Bertz CT molecular complexity index is 155. The molecule has 0 radical (unpaired) electrons. The SMILES string of the molecule is CCOC(=O)/C=C/CNN(C)C. The summed E-state index contributed by atoms with van der Waals surface area (Å²) in [5.74, 6) is -0.293. The summed E-state index contributed by atoms with van der Waals surface area (Å²) < 4.78 is 4.68. The van der Waals surface area contributed by atoms with Crippen LogP contribution < -0.4 is 5.43 Å². The molecule has 0 amide bonds. The first-order valence-electron chi connectivity index (χ1n) is 3.91. The van der Waals surface area contributed by atoms with Gasteiger partial charge < -0.3 is 4.74 Å². The molecular weight excluding hydrogens is 156 g/mol. The minimum absolute atomic E-state index is 0.293. The lowest BCUT2D eigenvalue weighted by molar-refractivity contribution is -0.137. The van der Waals surface area contributed by atoms with Crippen LogP contribution in [0.2, 0.25) is 0 Å². The van der Waals surface area contributed by atoms with Gasteiger partial charge in [0.05, 0.1) is 6.61 Å². The Balaban J connectivity index is 3.41. The van der Waals surface area contributed by atoms with Crippen LogP contribution >= 0.6 is 0 Å². The molecule has 0 atom stereocenters. The normalized spacial score (nSPS) is 11.0. The molecule has 0 saturated carbocycles. The number of hydrogen-bond acceptors (Lipinski definition) is 4. The minimum atomic E-state index is -0.293. The van der Waals surface area contributed by atoms with Crippen molar-refractivity contribution in [1.29, 1.82) is 0 Å². The summed E-state index contributed by atoms with van der Waals surface area (Å²) in [6, 6.07) is 0. The number of ether oxygens (including phenoxy) is 1. The van der Waals surface area contributed by atoms with Gasteiger partial charge in [-0.15, -0.1) is 0 Å². The molecule has 0 spiro atoms. The van der Waals surface area contributed by atoms with Crippen molar-refractivity contribution in [3.05, 3.63) is 12.2 Å². The van der Waals surface area contributed by atoms with Gasteiger partial charge in [-0.05, 0) is 6.92 Å². The Morgan fingerprint density at radius 2 is 2.25 bits per heavy atom.